The maximum absolute atomic E-state index is 12.4. The van der Waals surface area contributed by atoms with E-state index in [4.69, 9.17) is 0 Å². The van der Waals surface area contributed by atoms with Crippen LogP contribution in [-0.2, 0) is 6.42 Å². The lowest BCUT2D eigenvalue weighted by Gasteiger charge is -2.19. The van der Waals surface area contributed by atoms with Crippen molar-refractivity contribution in [3.63, 3.8) is 0 Å². The Morgan fingerprint density at radius 1 is 0.724 bits per heavy atom. The van der Waals surface area contributed by atoms with E-state index in [9.17, 15) is 9.59 Å². The molecule has 0 fully saturated rings. The summed E-state index contributed by atoms with van der Waals surface area (Å²) in [7, 11) is 0. The molecule has 0 aliphatic heterocycles. The predicted octanol–water partition coefficient (Wildman–Crippen LogP) is 3.89. The van der Waals surface area contributed by atoms with Crippen LogP contribution in [0.1, 0.15) is 32.7 Å². The molecule has 0 aliphatic carbocycles. The Hall–Kier alpha value is -3.24. The van der Waals surface area contributed by atoms with E-state index in [-0.39, 0.29) is 24.3 Å². The molecule has 4 heteroatoms. The second-order valence-electron chi connectivity index (χ2n) is 6.97. The van der Waals surface area contributed by atoms with Crippen molar-refractivity contribution in [3.05, 3.63) is 108 Å². The fourth-order valence-corrected chi connectivity index (χ4v) is 3.19. The standard InChI is InChI=1S/C25H26N2O2/c28-24(21-12-6-2-7-13-21)19-27-23(18-20-10-4-1-5-11-20)16-17-26-25(29)22-14-8-3-9-15-22/h1-15,23,27H,16-19H2,(H,26,29). The highest BCUT2D eigenvalue weighted by atomic mass is 16.1. The van der Waals surface area contributed by atoms with Crippen LogP contribution in [0.3, 0.4) is 0 Å². The first-order valence-electron chi connectivity index (χ1n) is 9.91. The van der Waals surface area contributed by atoms with Crippen LogP contribution in [0.4, 0.5) is 0 Å². The van der Waals surface area contributed by atoms with Crippen LogP contribution in [0.25, 0.3) is 0 Å². The van der Waals surface area contributed by atoms with Gasteiger partial charge in [0.25, 0.3) is 5.91 Å². The van der Waals surface area contributed by atoms with Crippen LogP contribution < -0.4 is 10.6 Å². The molecule has 0 bridgehead atoms. The third-order valence-corrected chi connectivity index (χ3v) is 4.79. The third kappa shape index (κ3) is 6.70. The summed E-state index contributed by atoms with van der Waals surface area (Å²) in [6.45, 7) is 0.811. The Bertz CT molecular complexity index is 896. The number of rotatable bonds is 10. The number of hydrogen-bond donors (Lipinski definition) is 2. The SMILES string of the molecule is O=C(CNC(CCNC(=O)c1ccccc1)Cc1ccccc1)c1ccccc1. The quantitative estimate of drug-likeness (QED) is 0.520. The molecule has 1 unspecified atom stereocenters. The van der Waals surface area contributed by atoms with Crippen molar-refractivity contribution in [2.75, 3.05) is 13.1 Å². The van der Waals surface area contributed by atoms with Crippen molar-refractivity contribution in [2.24, 2.45) is 0 Å². The summed E-state index contributed by atoms with van der Waals surface area (Å²) in [6.07, 6.45) is 1.53. The van der Waals surface area contributed by atoms with Crippen LogP contribution >= 0.6 is 0 Å². The second-order valence-corrected chi connectivity index (χ2v) is 6.97. The summed E-state index contributed by atoms with van der Waals surface area (Å²) in [5.41, 5.74) is 2.56. The number of amides is 1. The molecule has 3 rings (SSSR count). The number of nitrogens with one attached hydrogen (secondary N) is 2. The van der Waals surface area contributed by atoms with E-state index < -0.39 is 0 Å². The Morgan fingerprint density at radius 3 is 1.90 bits per heavy atom. The van der Waals surface area contributed by atoms with E-state index in [0.717, 1.165) is 12.8 Å². The van der Waals surface area contributed by atoms with Gasteiger partial charge in [0.05, 0.1) is 6.54 Å². The van der Waals surface area contributed by atoms with E-state index in [1.165, 1.54) is 5.56 Å². The molecule has 0 heterocycles. The lowest BCUT2D eigenvalue weighted by atomic mass is 10.0. The largest absolute Gasteiger partial charge is 0.352 e. The van der Waals surface area contributed by atoms with Crippen molar-refractivity contribution in [3.8, 4) is 0 Å². The summed E-state index contributed by atoms with van der Waals surface area (Å²) >= 11 is 0. The molecule has 3 aromatic carbocycles. The van der Waals surface area contributed by atoms with Gasteiger partial charge < -0.3 is 10.6 Å². The van der Waals surface area contributed by atoms with Gasteiger partial charge >= 0.3 is 0 Å². The van der Waals surface area contributed by atoms with E-state index >= 15 is 0 Å². The number of hydrogen-bond acceptors (Lipinski definition) is 3. The molecule has 0 saturated heterocycles. The van der Waals surface area contributed by atoms with Gasteiger partial charge in [-0.25, -0.2) is 0 Å². The lowest BCUT2D eigenvalue weighted by molar-refractivity contribution is 0.0946. The van der Waals surface area contributed by atoms with Crippen LogP contribution in [0.5, 0.6) is 0 Å². The van der Waals surface area contributed by atoms with Gasteiger partial charge in [-0.3, -0.25) is 9.59 Å². The summed E-state index contributed by atoms with van der Waals surface area (Å²) in [4.78, 5) is 24.7. The average molecular weight is 386 g/mol. The Balaban J connectivity index is 1.55. The monoisotopic (exact) mass is 386 g/mol. The normalized spacial score (nSPS) is 11.6. The lowest BCUT2D eigenvalue weighted by Crippen LogP contribution is -2.38. The highest BCUT2D eigenvalue weighted by Crippen LogP contribution is 2.07. The van der Waals surface area contributed by atoms with Crippen molar-refractivity contribution in [1.82, 2.24) is 10.6 Å². The van der Waals surface area contributed by atoms with E-state index in [1.807, 2.05) is 66.7 Å². The topological polar surface area (TPSA) is 58.2 Å². The highest BCUT2D eigenvalue weighted by Gasteiger charge is 2.13. The molecule has 1 atom stereocenters. The summed E-state index contributed by atoms with van der Waals surface area (Å²) < 4.78 is 0. The molecule has 0 radical (unpaired) electrons. The minimum atomic E-state index is -0.0792. The molecule has 4 nitrogen and oxygen atoms in total. The van der Waals surface area contributed by atoms with Crippen molar-refractivity contribution < 1.29 is 9.59 Å². The van der Waals surface area contributed by atoms with Crippen LogP contribution in [0.15, 0.2) is 91.0 Å². The number of ketones is 1. The number of carbonyl (C=O) groups excluding carboxylic acids is 2. The maximum Gasteiger partial charge on any atom is 0.251 e. The fourth-order valence-electron chi connectivity index (χ4n) is 3.19. The average Bonchev–Trinajstić information content (AvgIpc) is 2.79. The third-order valence-electron chi connectivity index (χ3n) is 4.79. The molecule has 3 aromatic rings. The molecule has 29 heavy (non-hydrogen) atoms. The number of Topliss-reactive ketones (excluding diaryl/α,β-unsaturated/α-hetero) is 1. The Kier molecular flexibility index (Phi) is 7.72. The number of carbonyl (C=O) groups is 2. The highest BCUT2D eigenvalue weighted by molar-refractivity contribution is 5.97. The molecule has 1 amide bonds. The molecular weight excluding hydrogens is 360 g/mol. The zero-order chi connectivity index (χ0) is 20.3. The zero-order valence-electron chi connectivity index (χ0n) is 16.4. The van der Waals surface area contributed by atoms with Crippen molar-refractivity contribution >= 4 is 11.7 Å². The zero-order valence-corrected chi connectivity index (χ0v) is 16.4. The van der Waals surface area contributed by atoms with Gasteiger partial charge in [0, 0.05) is 23.7 Å². The van der Waals surface area contributed by atoms with E-state index in [1.54, 1.807) is 12.1 Å². The van der Waals surface area contributed by atoms with Gasteiger partial charge in [0.2, 0.25) is 0 Å². The van der Waals surface area contributed by atoms with Gasteiger partial charge in [0.15, 0.2) is 5.78 Å². The first-order valence-corrected chi connectivity index (χ1v) is 9.91. The second kappa shape index (κ2) is 10.9. The minimum Gasteiger partial charge on any atom is -0.352 e. The maximum atomic E-state index is 12.4. The molecule has 2 N–H and O–H groups in total. The van der Waals surface area contributed by atoms with Gasteiger partial charge in [-0.2, -0.15) is 0 Å². The number of benzene rings is 3. The Labute approximate surface area is 172 Å². The summed E-state index contributed by atoms with van der Waals surface area (Å²) in [5.74, 6) is -0.0126. The van der Waals surface area contributed by atoms with E-state index in [0.29, 0.717) is 17.7 Å². The van der Waals surface area contributed by atoms with E-state index in [2.05, 4.69) is 22.8 Å². The predicted molar refractivity (Wildman–Crippen MR) is 116 cm³/mol. The molecular formula is C25H26N2O2. The first kappa shape index (κ1) is 20.5. The van der Waals surface area contributed by atoms with Crippen LogP contribution in [0, 0.1) is 0 Å². The molecule has 148 valence electrons. The molecule has 0 aromatic heterocycles. The van der Waals surface area contributed by atoms with Crippen molar-refractivity contribution in [1.29, 1.82) is 0 Å². The van der Waals surface area contributed by atoms with Gasteiger partial charge in [-0.05, 0) is 30.5 Å². The Morgan fingerprint density at radius 2 is 1.28 bits per heavy atom. The van der Waals surface area contributed by atoms with Gasteiger partial charge in [-0.15, -0.1) is 0 Å². The summed E-state index contributed by atoms with van der Waals surface area (Å²) in [5, 5.41) is 6.35. The molecule has 0 spiro atoms. The summed E-state index contributed by atoms with van der Waals surface area (Å²) in [6, 6.07) is 28.7. The van der Waals surface area contributed by atoms with Crippen LogP contribution in [0.2, 0.25) is 0 Å². The molecule has 0 saturated carbocycles. The smallest absolute Gasteiger partial charge is 0.251 e. The fraction of sp³-hybridized carbons (Fsp3) is 0.200. The van der Waals surface area contributed by atoms with Crippen molar-refractivity contribution in [2.45, 2.75) is 18.9 Å². The first-order chi connectivity index (χ1) is 14.2. The molecule has 0 aliphatic rings. The van der Waals surface area contributed by atoms with Gasteiger partial charge in [-0.1, -0.05) is 78.9 Å². The minimum absolute atomic E-state index is 0.0667. The van der Waals surface area contributed by atoms with Crippen LogP contribution in [-0.4, -0.2) is 30.8 Å². The van der Waals surface area contributed by atoms with Gasteiger partial charge in [0.1, 0.15) is 0 Å².